The number of nitrogens with one attached hydrogen (secondary N) is 1. The molecule has 2 rings (SSSR count). The van der Waals surface area contributed by atoms with Crippen molar-refractivity contribution in [2.75, 3.05) is 0 Å². The molecule has 3 N–H and O–H groups in total. The van der Waals surface area contributed by atoms with Crippen LogP contribution in [0.25, 0.3) is 0 Å². The highest BCUT2D eigenvalue weighted by atomic mass is 79.9. The summed E-state index contributed by atoms with van der Waals surface area (Å²) < 4.78 is 41.3. The van der Waals surface area contributed by atoms with E-state index in [9.17, 15) is 13.2 Å². The van der Waals surface area contributed by atoms with E-state index in [1.807, 2.05) is 0 Å². The molecule has 0 aliphatic heterocycles. The monoisotopic (exact) mass is 442 g/mol. The molecule has 0 saturated heterocycles. The van der Waals surface area contributed by atoms with Gasteiger partial charge in [0, 0.05) is 10.0 Å². The van der Waals surface area contributed by atoms with E-state index >= 15 is 0 Å². The van der Waals surface area contributed by atoms with Gasteiger partial charge in [0.2, 0.25) is 0 Å². The zero-order valence-corrected chi connectivity index (χ0v) is 14.2. The number of halogens is 6. The molecule has 0 fully saturated rings. The van der Waals surface area contributed by atoms with Crippen LogP contribution in [0.1, 0.15) is 17.2 Å². The average molecular weight is 444 g/mol. The van der Waals surface area contributed by atoms with Gasteiger partial charge in [0.05, 0.1) is 15.5 Å². The fourth-order valence-corrected chi connectivity index (χ4v) is 2.90. The normalized spacial score (nSPS) is 12.5. The van der Waals surface area contributed by atoms with Crippen molar-refractivity contribution < 1.29 is 13.2 Å². The highest BCUT2D eigenvalue weighted by Gasteiger charge is 2.24. The van der Waals surface area contributed by atoms with Crippen molar-refractivity contribution in [3.63, 3.8) is 0 Å². The first-order valence-corrected chi connectivity index (χ1v) is 7.57. The van der Waals surface area contributed by atoms with Gasteiger partial charge in [-0.25, -0.2) is 18.6 Å². The standard InChI is InChI=1S/C13H8Br2ClF3N2/c14-7-3-1-6(11(18)10(7)16)13(21-20)5-2-4-8(17)12(19)9(5)15/h1-4,13,21H,20H2. The molecule has 1 unspecified atom stereocenters. The highest BCUT2D eigenvalue weighted by molar-refractivity contribution is 9.10. The second-order valence-corrected chi connectivity index (χ2v) is 6.15. The molecular formula is C13H8Br2ClF3N2. The maximum atomic E-state index is 14.3. The van der Waals surface area contributed by atoms with Crippen LogP contribution < -0.4 is 11.3 Å². The molecule has 0 radical (unpaired) electrons. The van der Waals surface area contributed by atoms with Crippen molar-refractivity contribution in [3.05, 3.63) is 66.8 Å². The number of rotatable bonds is 3. The fraction of sp³-hybridized carbons (Fsp3) is 0.0769. The van der Waals surface area contributed by atoms with Crippen molar-refractivity contribution in [1.29, 1.82) is 0 Å². The predicted octanol–water partition coefficient (Wildman–Crippen LogP) is 4.84. The minimum atomic E-state index is -1.07. The molecule has 0 aliphatic carbocycles. The quantitative estimate of drug-likeness (QED) is 0.404. The van der Waals surface area contributed by atoms with E-state index in [2.05, 4.69) is 37.3 Å². The largest absolute Gasteiger partial charge is 0.271 e. The van der Waals surface area contributed by atoms with Gasteiger partial charge < -0.3 is 0 Å². The molecule has 0 amide bonds. The Hall–Kier alpha value is -0.600. The number of hydrazine groups is 1. The summed E-state index contributed by atoms with van der Waals surface area (Å²) in [5.41, 5.74) is 2.73. The van der Waals surface area contributed by atoms with Crippen LogP contribution in [0, 0.1) is 17.5 Å². The zero-order valence-electron chi connectivity index (χ0n) is 10.2. The topological polar surface area (TPSA) is 38.0 Å². The molecule has 0 aliphatic rings. The van der Waals surface area contributed by atoms with Crippen LogP contribution >= 0.6 is 43.5 Å². The molecule has 0 spiro atoms. The Labute approximate surface area is 140 Å². The van der Waals surface area contributed by atoms with Gasteiger partial charge in [0.15, 0.2) is 11.6 Å². The van der Waals surface area contributed by atoms with Gasteiger partial charge in [-0.15, -0.1) is 0 Å². The molecule has 0 saturated carbocycles. The number of hydrogen-bond donors (Lipinski definition) is 2. The Balaban J connectivity index is 2.61. The van der Waals surface area contributed by atoms with Crippen molar-refractivity contribution in [3.8, 4) is 0 Å². The molecular weight excluding hydrogens is 436 g/mol. The second kappa shape index (κ2) is 6.66. The Morgan fingerprint density at radius 3 is 2.24 bits per heavy atom. The van der Waals surface area contributed by atoms with Crippen molar-refractivity contribution in [2.24, 2.45) is 5.84 Å². The Kier molecular flexibility index (Phi) is 5.32. The average Bonchev–Trinajstić information content (AvgIpc) is 2.47. The summed E-state index contributed by atoms with van der Waals surface area (Å²) >= 11 is 11.9. The highest BCUT2D eigenvalue weighted by Crippen LogP contribution is 2.36. The lowest BCUT2D eigenvalue weighted by molar-refractivity contribution is 0.496. The molecule has 0 heterocycles. The van der Waals surface area contributed by atoms with Crippen molar-refractivity contribution in [1.82, 2.24) is 5.43 Å². The Bertz CT molecular complexity index is 640. The number of nitrogens with two attached hydrogens (primary N) is 1. The fourth-order valence-electron chi connectivity index (χ4n) is 1.87. The van der Waals surface area contributed by atoms with E-state index in [0.29, 0.717) is 4.47 Å². The first-order valence-electron chi connectivity index (χ1n) is 5.61. The van der Waals surface area contributed by atoms with Crippen LogP contribution in [0.3, 0.4) is 0 Å². The maximum absolute atomic E-state index is 14.3. The second-order valence-electron chi connectivity index (χ2n) is 4.13. The Morgan fingerprint density at radius 2 is 1.62 bits per heavy atom. The summed E-state index contributed by atoms with van der Waals surface area (Å²) in [7, 11) is 0. The van der Waals surface area contributed by atoms with Gasteiger partial charge >= 0.3 is 0 Å². The van der Waals surface area contributed by atoms with Crippen molar-refractivity contribution >= 4 is 43.5 Å². The molecule has 0 aromatic heterocycles. The minimum absolute atomic E-state index is 0.109. The van der Waals surface area contributed by atoms with E-state index < -0.39 is 23.5 Å². The first kappa shape index (κ1) is 16.8. The Morgan fingerprint density at radius 1 is 1.00 bits per heavy atom. The summed E-state index contributed by atoms with van der Waals surface area (Å²) in [5, 5.41) is -0.119. The maximum Gasteiger partial charge on any atom is 0.173 e. The van der Waals surface area contributed by atoms with E-state index in [1.165, 1.54) is 12.1 Å². The summed E-state index contributed by atoms with van der Waals surface area (Å²) in [4.78, 5) is 0. The number of benzene rings is 2. The molecule has 8 heteroatoms. The SMILES string of the molecule is NNC(c1ccc(Br)c(Cl)c1F)c1ccc(F)c(F)c1Br. The lowest BCUT2D eigenvalue weighted by Gasteiger charge is -2.20. The predicted molar refractivity (Wildman–Crippen MR) is 82.3 cm³/mol. The van der Waals surface area contributed by atoms with Crippen LogP contribution in [-0.2, 0) is 0 Å². The molecule has 1 atom stereocenters. The first-order chi connectivity index (χ1) is 9.88. The van der Waals surface area contributed by atoms with E-state index in [0.717, 1.165) is 6.07 Å². The van der Waals surface area contributed by atoms with Gasteiger partial charge in [-0.05, 0) is 49.6 Å². The van der Waals surface area contributed by atoms with Crippen LogP contribution in [0.5, 0.6) is 0 Å². The molecule has 2 aromatic rings. The zero-order chi connectivity index (χ0) is 15.7. The van der Waals surface area contributed by atoms with Gasteiger partial charge in [-0.2, -0.15) is 0 Å². The molecule has 0 bridgehead atoms. The molecule has 21 heavy (non-hydrogen) atoms. The summed E-state index contributed by atoms with van der Waals surface area (Å²) in [5.74, 6) is 2.65. The third-order valence-corrected chi connectivity index (χ3v) is 4.98. The van der Waals surface area contributed by atoms with Crippen LogP contribution in [0.15, 0.2) is 33.2 Å². The van der Waals surface area contributed by atoms with Crippen LogP contribution in [0.2, 0.25) is 5.02 Å². The lowest BCUT2D eigenvalue weighted by Crippen LogP contribution is -2.30. The van der Waals surface area contributed by atoms with Gasteiger partial charge in [0.25, 0.3) is 0 Å². The molecule has 112 valence electrons. The van der Waals surface area contributed by atoms with Gasteiger partial charge in [-0.1, -0.05) is 23.7 Å². The molecule has 2 nitrogen and oxygen atoms in total. The number of hydrogen-bond acceptors (Lipinski definition) is 2. The summed E-state index contributed by atoms with van der Waals surface area (Å²) in [6, 6.07) is 4.34. The summed E-state index contributed by atoms with van der Waals surface area (Å²) in [6.45, 7) is 0. The molecule has 2 aromatic carbocycles. The van der Waals surface area contributed by atoms with Crippen LogP contribution in [-0.4, -0.2) is 0 Å². The van der Waals surface area contributed by atoms with Crippen molar-refractivity contribution in [2.45, 2.75) is 6.04 Å². The third kappa shape index (κ3) is 3.12. The van der Waals surface area contributed by atoms with Gasteiger partial charge in [0.1, 0.15) is 5.82 Å². The smallest absolute Gasteiger partial charge is 0.173 e. The minimum Gasteiger partial charge on any atom is -0.271 e. The van der Waals surface area contributed by atoms with E-state index in [1.54, 1.807) is 6.07 Å². The van der Waals surface area contributed by atoms with Crippen LogP contribution in [0.4, 0.5) is 13.2 Å². The van der Waals surface area contributed by atoms with Gasteiger partial charge in [-0.3, -0.25) is 5.84 Å². The third-order valence-electron chi connectivity index (χ3n) is 2.92. The van der Waals surface area contributed by atoms with E-state index in [4.69, 9.17) is 17.4 Å². The summed E-state index contributed by atoms with van der Waals surface area (Å²) in [6.07, 6.45) is 0. The van der Waals surface area contributed by atoms with E-state index in [-0.39, 0.29) is 20.6 Å². The lowest BCUT2D eigenvalue weighted by atomic mass is 9.98.